The standard InChI is InChI=1S/C17H23N3O2/c1-5-20-11-15(17(19-20)22-6-2)16(21)18-14-9-7-13(8-10-14)12(3)4/h7-12H,5-6H2,1-4H3,(H,18,21). The highest BCUT2D eigenvalue weighted by Crippen LogP contribution is 2.20. The van der Waals surface area contributed by atoms with Crippen LogP contribution in [0.2, 0.25) is 0 Å². The second kappa shape index (κ2) is 7.11. The number of anilines is 1. The third kappa shape index (κ3) is 3.67. The van der Waals surface area contributed by atoms with Crippen LogP contribution in [0.3, 0.4) is 0 Å². The summed E-state index contributed by atoms with van der Waals surface area (Å²) in [5.41, 5.74) is 2.46. The smallest absolute Gasteiger partial charge is 0.262 e. The molecule has 2 rings (SSSR count). The zero-order valence-corrected chi connectivity index (χ0v) is 13.6. The highest BCUT2D eigenvalue weighted by Gasteiger charge is 2.17. The number of rotatable bonds is 6. The second-order valence-electron chi connectivity index (χ2n) is 5.37. The first kappa shape index (κ1) is 16.1. The molecular formula is C17H23N3O2. The Labute approximate surface area is 131 Å². The van der Waals surface area contributed by atoms with Crippen molar-refractivity contribution in [1.82, 2.24) is 9.78 Å². The van der Waals surface area contributed by atoms with Gasteiger partial charge in [0.15, 0.2) is 0 Å². The summed E-state index contributed by atoms with van der Waals surface area (Å²) in [7, 11) is 0. The highest BCUT2D eigenvalue weighted by molar-refractivity contribution is 6.05. The molecule has 5 nitrogen and oxygen atoms in total. The molecule has 118 valence electrons. The summed E-state index contributed by atoms with van der Waals surface area (Å²) in [6.07, 6.45) is 1.71. The fourth-order valence-corrected chi connectivity index (χ4v) is 2.11. The Morgan fingerprint density at radius 3 is 2.50 bits per heavy atom. The molecule has 22 heavy (non-hydrogen) atoms. The van der Waals surface area contributed by atoms with E-state index >= 15 is 0 Å². The van der Waals surface area contributed by atoms with E-state index in [1.165, 1.54) is 5.56 Å². The molecule has 0 saturated carbocycles. The molecule has 0 spiro atoms. The molecule has 0 bridgehead atoms. The first-order valence-electron chi connectivity index (χ1n) is 7.66. The number of aryl methyl sites for hydroxylation is 1. The predicted molar refractivity (Wildman–Crippen MR) is 87.6 cm³/mol. The molecule has 0 aliphatic heterocycles. The average Bonchev–Trinajstić information content (AvgIpc) is 2.91. The van der Waals surface area contributed by atoms with Gasteiger partial charge >= 0.3 is 0 Å². The van der Waals surface area contributed by atoms with Gasteiger partial charge in [0.1, 0.15) is 5.56 Å². The molecule has 0 unspecified atom stereocenters. The van der Waals surface area contributed by atoms with Gasteiger partial charge in [-0.15, -0.1) is 5.10 Å². The number of hydrogen-bond donors (Lipinski definition) is 1. The van der Waals surface area contributed by atoms with Crippen LogP contribution in [0.4, 0.5) is 5.69 Å². The topological polar surface area (TPSA) is 56.2 Å². The van der Waals surface area contributed by atoms with Crippen molar-refractivity contribution in [2.24, 2.45) is 0 Å². The monoisotopic (exact) mass is 301 g/mol. The van der Waals surface area contributed by atoms with E-state index in [9.17, 15) is 4.79 Å². The van der Waals surface area contributed by atoms with Crippen molar-refractivity contribution in [3.8, 4) is 5.88 Å². The second-order valence-corrected chi connectivity index (χ2v) is 5.37. The number of carbonyl (C=O) groups excluding carboxylic acids is 1. The van der Waals surface area contributed by atoms with Crippen molar-refractivity contribution < 1.29 is 9.53 Å². The average molecular weight is 301 g/mol. The van der Waals surface area contributed by atoms with Gasteiger partial charge in [-0.1, -0.05) is 26.0 Å². The summed E-state index contributed by atoms with van der Waals surface area (Å²) in [6, 6.07) is 7.88. The molecule has 1 N–H and O–H groups in total. The Morgan fingerprint density at radius 2 is 1.95 bits per heavy atom. The van der Waals surface area contributed by atoms with Gasteiger partial charge in [0.25, 0.3) is 5.91 Å². The molecule has 0 radical (unpaired) electrons. The third-order valence-electron chi connectivity index (χ3n) is 3.41. The van der Waals surface area contributed by atoms with E-state index in [1.807, 2.05) is 38.1 Å². The molecule has 1 aromatic carbocycles. The minimum Gasteiger partial charge on any atom is -0.476 e. The number of amides is 1. The summed E-state index contributed by atoms with van der Waals surface area (Å²) >= 11 is 0. The van der Waals surface area contributed by atoms with Gasteiger partial charge in [-0.3, -0.25) is 9.48 Å². The lowest BCUT2D eigenvalue weighted by atomic mass is 10.0. The fourth-order valence-electron chi connectivity index (χ4n) is 2.11. The van der Waals surface area contributed by atoms with E-state index in [-0.39, 0.29) is 5.91 Å². The highest BCUT2D eigenvalue weighted by atomic mass is 16.5. The number of ether oxygens (including phenoxy) is 1. The summed E-state index contributed by atoms with van der Waals surface area (Å²) in [4.78, 5) is 12.4. The molecule has 0 atom stereocenters. The van der Waals surface area contributed by atoms with Crippen LogP contribution in [-0.2, 0) is 6.54 Å². The normalized spacial score (nSPS) is 10.8. The van der Waals surface area contributed by atoms with E-state index in [2.05, 4.69) is 24.3 Å². The van der Waals surface area contributed by atoms with Crippen LogP contribution in [0.1, 0.15) is 49.5 Å². The van der Waals surface area contributed by atoms with E-state index < -0.39 is 0 Å². The van der Waals surface area contributed by atoms with E-state index in [1.54, 1.807) is 10.9 Å². The Morgan fingerprint density at radius 1 is 1.27 bits per heavy atom. The number of aromatic nitrogens is 2. The van der Waals surface area contributed by atoms with Gasteiger partial charge in [-0.2, -0.15) is 0 Å². The van der Waals surface area contributed by atoms with Crippen LogP contribution in [-0.4, -0.2) is 22.3 Å². The van der Waals surface area contributed by atoms with E-state index in [0.29, 0.717) is 30.5 Å². The molecule has 0 aliphatic rings. The van der Waals surface area contributed by atoms with Gasteiger partial charge < -0.3 is 10.1 Å². The summed E-state index contributed by atoms with van der Waals surface area (Å²) in [5.74, 6) is 0.637. The van der Waals surface area contributed by atoms with Crippen molar-refractivity contribution in [3.05, 3.63) is 41.6 Å². The molecule has 1 heterocycles. The lowest BCUT2D eigenvalue weighted by Crippen LogP contribution is -2.12. The lowest BCUT2D eigenvalue weighted by molar-refractivity contribution is 0.102. The maximum Gasteiger partial charge on any atom is 0.262 e. The number of hydrogen-bond acceptors (Lipinski definition) is 3. The maximum atomic E-state index is 12.4. The third-order valence-corrected chi connectivity index (χ3v) is 3.41. The van der Waals surface area contributed by atoms with E-state index in [4.69, 9.17) is 4.74 Å². The van der Waals surface area contributed by atoms with Crippen molar-refractivity contribution in [2.75, 3.05) is 11.9 Å². The molecule has 5 heteroatoms. The molecule has 2 aromatic rings. The minimum atomic E-state index is -0.208. The lowest BCUT2D eigenvalue weighted by Gasteiger charge is -2.08. The number of benzene rings is 1. The van der Waals surface area contributed by atoms with Gasteiger partial charge in [0, 0.05) is 18.4 Å². The van der Waals surface area contributed by atoms with Crippen molar-refractivity contribution >= 4 is 11.6 Å². The van der Waals surface area contributed by atoms with Crippen molar-refractivity contribution in [3.63, 3.8) is 0 Å². The number of carbonyl (C=O) groups is 1. The van der Waals surface area contributed by atoms with Crippen LogP contribution in [0.15, 0.2) is 30.5 Å². The SMILES string of the molecule is CCOc1nn(CC)cc1C(=O)Nc1ccc(C(C)C)cc1. The van der Waals surface area contributed by atoms with Crippen LogP contribution >= 0.6 is 0 Å². The summed E-state index contributed by atoms with van der Waals surface area (Å²) < 4.78 is 7.13. The minimum absolute atomic E-state index is 0.208. The van der Waals surface area contributed by atoms with Crippen LogP contribution in [0.25, 0.3) is 0 Å². The Kier molecular flexibility index (Phi) is 5.20. The van der Waals surface area contributed by atoms with Gasteiger partial charge in [-0.25, -0.2) is 0 Å². The van der Waals surface area contributed by atoms with E-state index in [0.717, 1.165) is 5.69 Å². The fraction of sp³-hybridized carbons (Fsp3) is 0.412. The Hall–Kier alpha value is -2.30. The molecule has 1 amide bonds. The maximum absolute atomic E-state index is 12.4. The summed E-state index contributed by atoms with van der Waals surface area (Å²) in [6.45, 7) is 9.29. The molecule has 1 aromatic heterocycles. The largest absolute Gasteiger partial charge is 0.476 e. The zero-order valence-electron chi connectivity index (χ0n) is 13.6. The Balaban J connectivity index is 2.16. The molecule has 0 saturated heterocycles. The van der Waals surface area contributed by atoms with Crippen molar-refractivity contribution in [1.29, 1.82) is 0 Å². The predicted octanol–water partition coefficient (Wildman–Crippen LogP) is 3.68. The van der Waals surface area contributed by atoms with Gasteiger partial charge in [0.05, 0.1) is 6.61 Å². The Bertz CT molecular complexity index is 630. The molecule has 0 fully saturated rings. The van der Waals surface area contributed by atoms with Crippen LogP contribution in [0.5, 0.6) is 5.88 Å². The summed E-state index contributed by atoms with van der Waals surface area (Å²) in [5, 5.41) is 7.14. The quantitative estimate of drug-likeness (QED) is 0.885. The zero-order chi connectivity index (χ0) is 16.1. The number of nitrogens with one attached hydrogen (secondary N) is 1. The molecule has 0 aliphatic carbocycles. The molecular weight excluding hydrogens is 278 g/mol. The van der Waals surface area contributed by atoms with Gasteiger partial charge in [-0.05, 0) is 37.5 Å². The van der Waals surface area contributed by atoms with Crippen LogP contribution in [0, 0.1) is 0 Å². The first-order chi connectivity index (χ1) is 10.5. The van der Waals surface area contributed by atoms with Crippen molar-refractivity contribution in [2.45, 2.75) is 40.2 Å². The van der Waals surface area contributed by atoms with Gasteiger partial charge in [0.2, 0.25) is 5.88 Å². The number of nitrogens with zero attached hydrogens (tertiary/aromatic N) is 2. The first-order valence-corrected chi connectivity index (χ1v) is 7.66. The van der Waals surface area contributed by atoms with Crippen LogP contribution < -0.4 is 10.1 Å².